The first kappa shape index (κ1) is 25.9. The van der Waals surface area contributed by atoms with Crippen molar-refractivity contribution in [3.8, 4) is 0 Å². The summed E-state index contributed by atoms with van der Waals surface area (Å²) in [6.07, 6.45) is 13.9. The van der Waals surface area contributed by atoms with E-state index in [-0.39, 0.29) is 30.0 Å². The fraction of sp³-hybridized carbons (Fsp3) is 0.714. The van der Waals surface area contributed by atoms with Crippen molar-refractivity contribution in [1.29, 1.82) is 0 Å². The van der Waals surface area contributed by atoms with Gasteiger partial charge in [0.25, 0.3) is 5.91 Å². The lowest BCUT2D eigenvalue weighted by atomic mass is 9.47. The Kier molecular flexibility index (Phi) is 7.18. The molecule has 202 valence electrons. The number of hydrogen-bond donors (Lipinski definition) is 3. The third-order valence-electron chi connectivity index (χ3n) is 10.1. The minimum atomic E-state index is -0.833. The Hall–Kier alpha value is -2.68. The first-order valence-corrected chi connectivity index (χ1v) is 13.7. The number of imidazole rings is 1. The van der Waals surface area contributed by atoms with E-state index in [1.54, 1.807) is 6.20 Å². The summed E-state index contributed by atoms with van der Waals surface area (Å²) < 4.78 is 4.82. The number of ether oxygens (including phenoxy) is 1. The number of nitrogens with one attached hydrogen (secondary N) is 2. The lowest BCUT2D eigenvalue weighted by Gasteiger charge is -2.57. The maximum atomic E-state index is 12.4. The summed E-state index contributed by atoms with van der Waals surface area (Å²) in [7, 11) is 1.29. The number of amides is 1. The Morgan fingerprint density at radius 1 is 1.22 bits per heavy atom. The van der Waals surface area contributed by atoms with E-state index in [9.17, 15) is 14.7 Å². The molecule has 0 radical (unpaired) electrons. The van der Waals surface area contributed by atoms with Crippen LogP contribution in [0.2, 0.25) is 0 Å². The SMILES string of the molecule is COC(=O)C(Cc1cnc[nH]1)NC(=O)CON=C1C=C2CCC3C4CCC(O)[C@@]4(C)CCC3[C@@]2(C)CC1. The number of aromatic amines is 1. The second kappa shape index (κ2) is 10.2. The van der Waals surface area contributed by atoms with Gasteiger partial charge in [0.05, 0.1) is 25.3 Å². The van der Waals surface area contributed by atoms with Gasteiger partial charge in [-0.1, -0.05) is 24.6 Å². The Balaban J connectivity index is 1.19. The molecular formula is C28H40N4O5. The van der Waals surface area contributed by atoms with Crippen LogP contribution in [0.15, 0.2) is 29.3 Å². The van der Waals surface area contributed by atoms with Crippen molar-refractivity contribution in [3.63, 3.8) is 0 Å². The summed E-state index contributed by atoms with van der Waals surface area (Å²) in [6.45, 7) is 4.48. The van der Waals surface area contributed by atoms with Crippen molar-refractivity contribution in [2.45, 2.75) is 83.8 Å². The summed E-state index contributed by atoms with van der Waals surface area (Å²) in [5.41, 5.74) is 3.32. The predicted octanol–water partition coefficient (Wildman–Crippen LogP) is 3.31. The van der Waals surface area contributed by atoms with Crippen LogP contribution in [0, 0.1) is 28.6 Å². The fourth-order valence-corrected chi connectivity index (χ4v) is 7.98. The predicted molar refractivity (Wildman–Crippen MR) is 137 cm³/mol. The zero-order valence-electron chi connectivity index (χ0n) is 22.2. The molecule has 9 heteroatoms. The van der Waals surface area contributed by atoms with Crippen molar-refractivity contribution in [2.24, 2.45) is 33.7 Å². The zero-order chi connectivity index (χ0) is 26.2. The number of aliphatic hydroxyl groups is 1. The maximum absolute atomic E-state index is 12.4. The second-order valence-corrected chi connectivity index (χ2v) is 11.9. The number of esters is 1. The highest BCUT2D eigenvalue weighted by molar-refractivity contribution is 5.96. The number of hydrogen-bond acceptors (Lipinski definition) is 7. The molecule has 5 unspecified atom stereocenters. The number of methoxy groups -OCH3 is 1. The first-order chi connectivity index (χ1) is 17.7. The number of oxime groups is 1. The van der Waals surface area contributed by atoms with Gasteiger partial charge in [-0.3, -0.25) is 4.79 Å². The molecule has 1 heterocycles. The molecule has 4 aliphatic carbocycles. The molecule has 9 nitrogen and oxygen atoms in total. The van der Waals surface area contributed by atoms with Crippen LogP contribution in [-0.2, 0) is 25.6 Å². The van der Waals surface area contributed by atoms with Gasteiger partial charge < -0.3 is 25.0 Å². The minimum Gasteiger partial charge on any atom is -0.467 e. The molecule has 1 aromatic rings. The Morgan fingerprint density at radius 3 is 2.81 bits per heavy atom. The molecule has 3 fully saturated rings. The lowest BCUT2D eigenvalue weighted by Crippen LogP contribution is -2.51. The number of fused-ring (bicyclic) bond motifs is 5. The number of carbonyl (C=O) groups is 2. The number of allylic oxidation sites excluding steroid dienone is 2. The fourth-order valence-electron chi connectivity index (χ4n) is 7.98. The van der Waals surface area contributed by atoms with E-state index in [1.807, 2.05) is 0 Å². The maximum Gasteiger partial charge on any atom is 0.328 e. The van der Waals surface area contributed by atoms with Gasteiger partial charge in [-0.25, -0.2) is 9.78 Å². The van der Waals surface area contributed by atoms with Crippen LogP contribution < -0.4 is 5.32 Å². The van der Waals surface area contributed by atoms with Gasteiger partial charge in [0.15, 0.2) is 6.61 Å². The van der Waals surface area contributed by atoms with Crippen LogP contribution in [0.3, 0.4) is 0 Å². The van der Waals surface area contributed by atoms with Crippen LogP contribution in [0.25, 0.3) is 0 Å². The van der Waals surface area contributed by atoms with Crippen LogP contribution in [0.4, 0.5) is 0 Å². The van der Waals surface area contributed by atoms with E-state index in [0.717, 1.165) is 49.9 Å². The van der Waals surface area contributed by atoms with Crippen molar-refractivity contribution >= 4 is 17.6 Å². The number of aliphatic hydroxyl groups excluding tert-OH is 1. The normalized spacial score (nSPS) is 36.5. The lowest BCUT2D eigenvalue weighted by molar-refractivity contribution is -0.145. The monoisotopic (exact) mass is 512 g/mol. The van der Waals surface area contributed by atoms with E-state index in [2.05, 4.69) is 40.4 Å². The number of H-pyrrole nitrogens is 1. The van der Waals surface area contributed by atoms with E-state index in [4.69, 9.17) is 9.57 Å². The summed E-state index contributed by atoms with van der Waals surface area (Å²) in [5.74, 6) is 1.03. The highest BCUT2D eigenvalue weighted by atomic mass is 16.6. The molecule has 5 rings (SSSR count). The number of nitrogens with zero attached hydrogens (tertiary/aromatic N) is 2. The van der Waals surface area contributed by atoms with Crippen molar-refractivity contribution in [3.05, 3.63) is 29.9 Å². The number of carbonyl (C=O) groups excluding carboxylic acids is 2. The molecule has 0 saturated heterocycles. The van der Waals surface area contributed by atoms with Crippen molar-refractivity contribution in [2.75, 3.05) is 13.7 Å². The topological polar surface area (TPSA) is 126 Å². The average molecular weight is 513 g/mol. The Morgan fingerprint density at radius 2 is 2.05 bits per heavy atom. The van der Waals surface area contributed by atoms with Gasteiger partial charge in [0.1, 0.15) is 6.04 Å². The second-order valence-electron chi connectivity index (χ2n) is 11.9. The zero-order valence-corrected chi connectivity index (χ0v) is 22.2. The third kappa shape index (κ3) is 4.82. The van der Waals surface area contributed by atoms with Gasteiger partial charge in [-0.2, -0.15) is 0 Å². The summed E-state index contributed by atoms with van der Waals surface area (Å²) >= 11 is 0. The number of rotatable bonds is 7. The molecule has 3 saturated carbocycles. The standard InChI is InChI=1S/C28H40N4O5/c1-27-10-8-18(32-37-15-25(34)31-23(26(35)36-3)13-19-14-29-16-30-19)12-17(27)4-5-20-21-6-7-24(33)28(21,2)11-9-22(20)27/h12,14,16,20-24,33H,4-11,13,15H2,1-3H3,(H,29,30)(H,31,34)/t20?,21?,22?,23?,24?,27-,28-/m0/s1. The molecular weight excluding hydrogens is 472 g/mol. The molecule has 0 aromatic carbocycles. The smallest absolute Gasteiger partial charge is 0.328 e. The van der Waals surface area contributed by atoms with E-state index in [0.29, 0.717) is 17.8 Å². The van der Waals surface area contributed by atoms with Gasteiger partial charge in [-0.05, 0) is 86.0 Å². The molecule has 1 amide bonds. The quantitative estimate of drug-likeness (QED) is 0.380. The van der Waals surface area contributed by atoms with Gasteiger partial charge in [0.2, 0.25) is 0 Å². The van der Waals surface area contributed by atoms with E-state index in [1.165, 1.54) is 31.9 Å². The van der Waals surface area contributed by atoms with E-state index >= 15 is 0 Å². The molecule has 37 heavy (non-hydrogen) atoms. The first-order valence-electron chi connectivity index (χ1n) is 13.7. The summed E-state index contributed by atoms with van der Waals surface area (Å²) in [6, 6.07) is -0.833. The Labute approximate surface area is 218 Å². The van der Waals surface area contributed by atoms with Crippen LogP contribution >= 0.6 is 0 Å². The van der Waals surface area contributed by atoms with Crippen LogP contribution in [-0.4, -0.2) is 58.5 Å². The Bertz CT molecular complexity index is 1070. The van der Waals surface area contributed by atoms with Gasteiger partial charge >= 0.3 is 5.97 Å². The molecule has 4 aliphatic rings. The van der Waals surface area contributed by atoms with Gasteiger partial charge in [0, 0.05) is 18.3 Å². The van der Waals surface area contributed by atoms with E-state index < -0.39 is 17.9 Å². The molecule has 3 N–H and O–H groups in total. The molecule has 0 bridgehead atoms. The summed E-state index contributed by atoms with van der Waals surface area (Å²) in [5, 5.41) is 17.6. The molecule has 0 aliphatic heterocycles. The number of aromatic nitrogens is 2. The van der Waals surface area contributed by atoms with Crippen molar-refractivity contribution in [1.82, 2.24) is 15.3 Å². The highest BCUT2D eigenvalue weighted by Gasteiger charge is 2.58. The van der Waals surface area contributed by atoms with Crippen LogP contribution in [0.1, 0.15) is 70.9 Å². The van der Waals surface area contributed by atoms with Crippen LogP contribution in [0.5, 0.6) is 0 Å². The van der Waals surface area contributed by atoms with Crippen molar-refractivity contribution < 1.29 is 24.3 Å². The molecule has 1 aromatic heterocycles. The van der Waals surface area contributed by atoms with Gasteiger partial charge in [-0.15, -0.1) is 0 Å². The third-order valence-corrected chi connectivity index (χ3v) is 10.1. The highest BCUT2D eigenvalue weighted by Crippen LogP contribution is 2.65. The minimum absolute atomic E-state index is 0.0969. The largest absolute Gasteiger partial charge is 0.467 e. The molecule has 0 spiro atoms. The summed E-state index contributed by atoms with van der Waals surface area (Å²) in [4.78, 5) is 36.8. The molecule has 7 atom stereocenters. The average Bonchev–Trinajstić information content (AvgIpc) is 3.50.